The number of piperidine rings is 1. The number of carbonyl (C=O) groups excluding carboxylic acids is 2. The van der Waals surface area contributed by atoms with Crippen LogP contribution in [-0.2, 0) is 45.6 Å². The Hall–Kier alpha value is -6.30. The number of benzene rings is 4. The molecular formula is C45H53N9O11S2. The molecule has 2 aliphatic heterocycles. The largest absolute Gasteiger partial charge is 0.497 e. The number of oxime groups is 1. The second kappa shape index (κ2) is 20.3. The van der Waals surface area contributed by atoms with Crippen LogP contribution >= 0.6 is 0 Å². The van der Waals surface area contributed by atoms with Crippen molar-refractivity contribution in [1.29, 1.82) is 0 Å². The Morgan fingerprint density at radius 3 is 2.09 bits per heavy atom. The Morgan fingerprint density at radius 1 is 0.896 bits per heavy atom. The lowest BCUT2D eigenvalue weighted by molar-refractivity contribution is -0.113. The van der Waals surface area contributed by atoms with E-state index in [1.807, 2.05) is 0 Å². The Bertz CT molecular complexity index is 2760. The molecule has 2 amide bonds. The molecule has 4 aromatic carbocycles. The van der Waals surface area contributed by atoms with E-state index < -0.39 is 71.5 Å². The fraction of sp³-hybridized carbons (Fsp3) is 0.378. The van der Waals surface area contributed by atoms with E-state index >= 15 is 16.8 Å². The van der Waals surface area contributed by atoms with Gasteiger partial charge in [-0.2, -0.15) is 4.80 Å². The van der Waals surface area contributed by atoms with Crippen molar-refractivity contribution in [3.8, 4) is 17.1 Å². The third-order valence-corrected chi connectivity index (χ3v) is 14.6. The minimum Gasteiger partial charge on any atom is -0.497 e. The highest BCUT2D eigenvalue weighted by Gasteiger charge is 2.46. The average molecular weight is 960 g/mol. The molecule has 0 radical (unpaired) electrons. The lowest BCUT2D eigenvalue weighted by Crippen LogP contribution is -2.44. The maximum absolute atomic E-state index is 16.4. The molecule has 20 nitrogen and oxygen atoms in total. The summed E-state index contributed by atoms with van der Waals surface area (Å²) in [6.07, 6.45) is -2.97. The number of amides is 2. The van der Waals surface area contributed by atoms with Gasteiger partial charge in [-0.1, -0.05) is 78.0 Å². The van der Waals surface area contributed by atoms with Crippen LogP contribution < -0.4 is 14.4 Å². The van der Waals surface area contributed by atoms with Gasteiger partial charge >= 0.3 is 6.09 Å². The lowest BCUT2D eigenvalue weighted by atomic mass is 10.0. The van der Waals surface area contributed by atoms with Crippen LogP contribution in [0, 0.1) is 0 Å². The Labute approximate surface area is 389 Å². The van der Waals surface area contributed by atoms with Gasteiger partial charge in [0.25, 0.3) is 5.91 Å². The smallest absolute Gasteiger partial charge is 0.410 e. The molecule has 2 N–H and O–H groups in total. The fourth-order valence-corrected chi connectivity index (χ4v) is 11.9. The first kappa shape index (κ1) is 48.6. The standard InChI is InChI=1S/C45H53N9O11S2/c1-45(2,3)65-44(56)51-27-25-33(29-51)49-66(58,59)37-24-23-36(52-26-13-18-35(48-57)41(52)55)38(40-46-50-53(47-40)28-30-19-21-34(62-4)22-20-30)39(37)67(60,61)54(42(63-5)31-14-9-7-10-15-31)43(64-6)32-16-11-8-12-17-32/h7-12,14-17,19-24,33,42-43,49,57H,13,18,25-29H2,1-6H3/t33-,42-,43-/m1/s1. The number of hydrogen-bond donors (Lipinski definition) is 2. The minimum atomic E-state index is -5.31. The molecule has 2 saturated heterocycles. The SMILES string of the molecule is COc1ccc(Cn2nnc(-c3c(N4CCCC(=NO)C4=O)ccc(S(=O)(=O)N[C@@H]4CCN(C(=O)OC(C)(C)C)C4)c3S(=O)(=O)N([C@H](OC)c3ccccc3)[C@H](OC)c3ccccc3)n2)cc1. The number of sulfonamides is 2. The monoisotopic (exact) mass is 959 g/mol. The molecular weight excluding hydrogens is 907 g/mol. The number of hydrogen-bond acceptors (Lipinski definition) is 15. The van der Waals surface area contributed by atoms with E-state index in [1.165, 1.54) is 42.0 Å². The van der Waals surface area contributed by atoms with E-state index in [1.54, 1.807) is 106 Å². The van der Waals surface area contributed by atoms with E-state index in [9.17, 15) is 14.8 Å². The van der Waals surface area contributed by atoms with Gasteiger partial charge in [0.15, 0.2) is 12.5 Å². The Morgan fingerprint density at radius 2 is 1.52 bits per heavy atom. The second-order valence-corrected chi connectivity index (χ2v) is 20.2. The number of rotatable bonds is 16. The van der Waals surface area contributed by atoms with Crippen molar-refractivity contribution in [2.45, 2.75) is 80.5 Å². The van der Waals surface area contributed by atoms with Gasteiger partial charge in [0.05, 0.1) is 24.9 Å². The summed E-state index contributed by atoms with van der Waals surface area (Å²) < 4.78 is 89.5. The third-order valence-electron chi connectivity index (χ3n) is 11.0. The quantitative estimate of drug-likeness (QED) is 0.0723. The highest BCUT2D eigenvalue weighted by atomic mass is 32.2. The van der Waals surface area contributed by atoms with Gasteiger partial charge in [-0.3, -0.25) is 4.79 Å². The summed E-state index contributed by atoms with van der Waals surface area (Å²) in [5, 5.41) is 26.3. The first-order valence-corrected chi connectivity index (χ1v) is 24.2. The zero-order valence-electron chi connectivity index (χ0n) is 37.8. The summed E-state index contributed by atoms with van der Waals surface area (Å²) in [5.41, 5.74) is -0.113. The van der Waals surface area contributed by atoms with E-state index in [0.29, 0.717) is 28.9 Å². The maximum atomic E-state index is 16.4. The molecule has 0 aliphatic carbocycles. The molecule has 22 heteroatoms. The van der Waals surface area contributed by atoms with Crippen LogP contribution in [0.5, 0.6) is 5.75 Å². The highest BCUT2D eigenvalue weighted by Crippen LogP contribution is 2.46. The topological polar surface area (TPSA) is 237 Å². The molecule has 0 saturated carbocycles. The first-order valence-electron chi connectivity index (χ1n) is 21.3. The molecule has 1 aromatic heterocycles. The number of nitrogens with one attached hydrogen (secondary N) is 1. The molecule has 5 aromatic rings. The molecule has 356 valence electrons. The van der Waals surface area contributed by atoms with Gasteiger partial charge < -0.3 is 34.0 Å². The summed E-state index contributed by atoms with van der Waals surface area (Å²) in [5.74, 6) is -0.520. The summed E-state index contributed by atoms with van der Waals surface area (Å²) in [6, 6.07) is 25.4. The number of tetrazole rings is 1. The first-order chi connectivity index (χ1) is 32.0. The summed E-state index contributed by atoms with van der Waals surface area (Å²) in [6.45, 7) is 5.26. The molecule has 0 spiro atoms. The van der Waals surface area contributed by atoms with Crippen molar-refractivity contribution in [3.63, 3.8) is 0 Å². The Kier molecular flexibility index (Phi) is 14.7. The number of carbonyl (C=O) groups is 2. The van der Waals surface area contributed by atoms with Gasteiger partial charge in [-0.25, -0.2) is 26.4 Å². The van der Waals surface area contributed by atoms with Crippen molar-refractivity contribution in [3.05, 3.63) is 114 Å². The third kappa shape index (κ3) is 10.6. The zero-order chi connectivity index (χ0) is 48.1. The molecule has 2 fully saturated rings. The molecule has 67 heavy (non-hydrogen) atoms. The van der Waals surface area contributed by atoms with Crippen LogP contribution in [0.4, 0.5) is 10.5 Å². The van der Waals surface area contributed by atoms with Crippen LogP contribution in [-0.4, -0.2) is 122 Å². The van der Waals surface area contributed by atoms with Crippen molar-refractivity contribution in [2.75, 3.05) is 45.9 Å². The molecule has 7 rings (SSSR count). The zero-order valence-corrected chi connectivity index (χ0v) is 39.5. The normalized spacial score (nSPS) is 17.5. The summed E-state index contributed by atoms with van der Waals surface area (Å²) in [4.78, 5) is 29.3. The van der Waals surface area contributed by atoms with E-state index in [4.69, 9.17) is 18.9 Å². The number of nitrogens with zero attached hydrogens (tertiary/aromatic N) is 8. The number of anilines is 1. The maximum Gasteiger partial charge on any atom is 0.410 e. The number of ether oxygens (including phenoxy) is 4. The molecule has 0 bridgehead atoms. The van der Waals surface area contributed by atoms with Crippen LogP contribution in [0.2, 0.25) is 0 Å². The van der Waals surface area contributed by atoms with E-state index in [-0.39, 0.29) is 56.2 Å². The van der Waals surface area contributed by atoms with Crippen LogP contribution in [0.25, 0.3) is 11.4 Å². The van der Waals surface area contributed by atoms with Gasteiger partial charge in [-0.05, 0) is 79.8 Å². The van der Waals surface area contributed by atoms with Gasteiger partial charge in [0, 0.05) is 46.3 Å². The second-order valence-electron chi connectivity index (χ2n) is 16.8. The van der Waals surface area contributed by atoms with Crippen molar-refractivity contribution < 1.29 is 50.6 Å². The predicted octanol–water partition coefficient (Wildman–Crippen LogP) is 5.32. The lowest BCUT2D eigenvalue weighted by Gasteiger charge is -2.37. The van der Waals surface area contributed by atoms with Gasteiger partial charge in [-0.15, -0.1) is 14.5 Å². The van der Waals surface area contributed by atoms with Crippen molar-refractivity contribution in [1.82, 2.24) is 34.1 Å². The molecule has 3 heterocycles. The predicted molar refractivity (Wildman–Crippen MR) is 244 cm³/mol. The van der Waals surface area contributed by atoms with Gasteiger partial charge in [0.1, 0.15) is 26.9 Å². The number of methoxy groups -OCH3 is 3. The number of aromatic nitrogens is 4. The molecule has 3 atom stereocenters. The fourth-order valence-electron chi connectivity index (χ4n) is 7.98. The van der Waals surface area contributed by atoms with Gasteiger partial charge in [0.2, 0.25) is 25.9 Å². The van der Waals surface area contributed by atoms with Crippen LogP contribution in [0.15, 0.2) is 112 Å². The Balaban J connectivity index is 1.50. The van der Waals surface area contributed by atoms with E-state index in [2.05, 4.69) is 25.3 Å². The van der Waals surface area contributed by atoms with Crippen LogP contribution in [0.3, 0.4) is 0 Å². The summed E-state index contributed by atoms with van der Waals surface area (Å²) >= 11 is 0. The number of likely N-dealkylation sites (tertiary alicyclic amines) is 1. The summed E-state index contributed by atoms with van der Waals surface area (Å²) in [7, 11) is -6.07. The highest BCUT2D eigenvalue weighted by molar-refractivity contribution is 7.92. The molecule has 2 aliphatic rings. The van der Waals surface area contributed by atoms with Crippen LogP contribution in [0.1, 0.15) is 69.2 Å². The molecule has 0 unspecified atom stereocenters. The van der Waals surface area contributed by atoms with Crippen molar-refractivity contribution >= 4 is 43.4 Å². The van der Waals surface area contributed by atoms with Crippen molar-refractivity contribution in [2.24, 2.45) is 5.16 Å². The minimum absolute atomic E-state index is 0.0103. The average Bonchev–Trinajstić information content (AvgIpc) is 3.99. The van der Waals surface area contributed by atoms with E-state index in [0.717, 1.165) is 10.4 Å².